The summed E-state index contributed by atoms with van der Waals surface area (Å²) in [5, 5.41) is 0. The summed E-state index contributed by atoms with van der Waals surface area (Å²) in [7, 11) is -41.8. The van der Waals surface area contributed by atoms with Gasteiger partial charge in [-0.1, -0.05) is 207 Å². The van der Waals surface area contributed by atoms with Gasteiger partial charge in [0.25, 0.3) is 0 Å². The second-order valence-electron chi connectivity index (χ2n) is 30.9. The first-order chi connectivity index (χ1) is 60.4. The third kappa shape index (κ3) is 48.6. The number of ether oxygens (including phenoxy) is 8. The summed E-state index contributed by atoms with van der Waals surface area (Å²) in [4.78, 5) is 162. The molecule has 0 unspecified atom stereocenters. The molecule has 0 fully saturated rings. The van der Waals surface area contributed by atoms with Crippen LogP contribution in [0.5, 0.6) is 46.0 Å². The van der Waals surface area contributed by atoms with Gasteiger partial charge in [0.15, 0.2) is 0 Å². The van der Waals surface area contributed by atoms with E-state index in [1.165, 1.54) is 24.3 Å². The fourth-order valence-corrected chi connectivity index (χ4v) is 17.7. The van der Waals surface area contributed by atoms with E-state index in [-0.39, 0.29) is 116 Å². The van der Waals surface area contributed by atoms with Gasteiger partial charge in [0.05, 0.1) is 52.9 Å². The Morgan fingerprint density at radius 3 is 0.414 bits per heavy atom. The lowest BCUT2D eigenvalue weighted by Crippen LogP contribution is -2.18. The third-order valence-corrected chi connectivity index (χ3v) is 24.9. The minimum Gasteiger partial charge on any atom is -0.491 e. The topological polar surface area (TPSA) is 608 Å². The molecular weight excluding hydrogens is 1850 g/mol. The van der Waals surface area contributed by atoms with Crippen LogP contribution in [-0.4, -0.2) is 184 Å². The quantitative estimate of drug-likeness (QED) is 0.0144. The molecule has 128 heavy (non-hydrogen) atoms. The van der Waals surface area contributed by atoms with Gasteiger partial charge in [-0.2, -0.15) is 0 Å². The van der Waals surface area contributed by atoms with E-state index in [1.54, 1.807) is 24.3 Å². The van der Waals surface area contributed by atoms with E-state index in [1.807, 2.05) is 0 Å². The highest BCUT2D eigenvalue weighted by atomic mass is 31.2. The summed E-state index contributed by atoms with van der Waals surface area (Å²) in [5.41, 5.74) is 2.05. The zero-order valence-corrected chi connectivity index (χ0v) is 80.6. The van der Waals surface area contributed by atoms with E-state index in [4.69, 9.17) is 74.1 Å². The Labute approximate surface area is 749 Å². The lowest BCUT2D eigenvalue weighted by molar-refractivity contribution is 0.155. The minimum absolute atomic E-state index is 0.0769. The number of phosphoric ester groups is 8. The predicted molar refractivity (Wildman–Crippen MR) is 472 cm³/mol. The molecule has 40 nitrogen and oxygen atoms in total. The number of unbranched alkanes of at least 4 members (excludes halogenated alkanes) is 24. The molecule has 1 aliphatic carbocycles. The molecule has 8 bridgehead atoms. The smallest absolute Gasteiger partial charge is 0.469 e. The Hall–Kier alpha value is -3.84. The molecule has 0 heterocycles. The van der Waals surface area contributed by atoms with Gasteiger partial charge in [0, 0.05) is 92.4 Å². The molecule has 5 rings (SSSR count). The average Bonchev–Trinajstić information content (AvgIpc) is 0.743. The first-order valence-corrected chi connectivity index (χ1v) is 56.0. The van der Waals surface area contributed by atoms with Crippen LogP contribution < -0.4 is 37.9 Å². The first-order valence-electron chi connectivity index (χ1n) is 43.8. The molecule has 0 aliphatic heterocycles. The van der Waals surface area contributed by atoms with Crippen LogP contribution in [0.2, 0.25) is 0 Å². The number of phosphoric acid groups is 8. The maximum absolute atomic E-state index is 12.5. The average molecular weight is 1990 g/mol. The van der Waals surface area contributed by atoms with Gasteiger partial charge in [-0.15, -0.1) is 0 Å². The zero-order valence-electron chi connectivity index (χ0n) is 73.4. The van der Waals surface area contributed by atoms with Crippen LogP contribution in [0.3, 0.4) is 0 Å². The molecule has 0 aromatic heterocycles. The van der Waals surface area contributed by atoms with Crippen LogP contribution in [0.1, 0.15) is 301 Å². The Balaban J connectivity index is 2.37. The molecule has 0 saturated carbocycles. The number of hydrogen-bond donors (Lipinski definition) is 16. The Morgan fingerprint density at radius 2 is 0.297 bits per heavy atom. The van der Waals surface area contributed by atoms with Gasteiger partial charge in [0.1, 0.15) is 98.9 Å². The van der Waals surface area contributed by atoms with E-state index in [2.05, 4.69) is 27.7 Å². The number of fused-ring (bicyclic) bond motifs is 8. The monoisotopic (exact) mass is 1980 g/mol. The highest BCUT2D eigenvalue weighted by Gasteiger charge is 2.37. The van der Waals surface area contributed by atoms with Gasteiger partial charge in [0.2, 0.25) is 0 Å². The highest BCUT2D eigenvalue weighted by Crippen LogP contribution is 2.56. The van der Waals surface area contributed by atoms with Gasteiger partial charge in [-0.3, -0.25) is 36.2 Å². The molecule has 16 N–H and O–H groups in total. The van der Waals surface area contributed by atoms with Crippen molar-refractivity contribution in [2.45, 2.75) is 257 Å². The van der Waals surface area contributed by atoms with Gasteiger partial charge in [-0.25, -0.2) is 36.5 Å². The second-order valence-corrected chi connectivity index (χ2v) is 40.9. The van der Waals surface area contributed by atoms with Crippen LogP contribution in [0.25, 0.3) is 0 Å². The van der Waals surface area contributed by atoms with E-state index in [0.717, 1.165) is 103 Å². The highest BCUT2D eigenvalue weighted by molar-refractivity contribution is 7.48. The van der Waals surface area contributed by atoms with Crippen molar-refractivity contribution in [2.75, 3.05) is 106 Å². The minimum atomic E-state index is -5.23. The van der Waals surface area contributed by atoms with Crippen molar-refractivity contribution in [1.82, 2.24) is 0 Å². The fourth-order valence-electron chi connectivity index (χ4n) is 15.2. The Bertz CT molecular complexity index is 3540. The standard InChI is InChI=1S/C80H136O40P8/c1-5-9-13-17-21-25-29-33-61-65-53-67(75(107-39-47-115-123(87,88)89)57-73(65)105-37-45-113-121(81,82)83)62(34-30-26-22-18-14-10-6-2)69-55-71(79(111-43-51-119-127(99,100)101)59-77(69)109-41-49-117-125(93,94)95)64(36-32-28-24-20-16-12-8-4)72-56-70(78(110-42-50-118-126(96,97)98)60-80(72)112-44-52-120-128(102,103)104)63(35-31-27-23-19-15-11-7-3)68-54-66(61)74(106-38-46-114-122(84,85)86)58-76(68)108-40-48-116-124(90,91)92/h53-64H,5-52H2,1-4H3,(H2,81,82,83)(H2,84,85,86)(H2,87,88,89)(H2,90,91,92)(H2,93,94,95)(H2,96,97,98)(H2,99,100,101)(H2,102,103,104). The Morgan fingerprint density at radius 1 is 0.180 bits per heavy atom. The number of rotatable bonds is 72. The lowest BCUT2D eigenvalue weighted by atomic mass is 9.76. The molecule has 4 aromatic carbocycles. The maximum Gasteiger partial charge on any atom is 0.469 e. The van der Waals surface area contributed by atoms with Crippen LogP contribution in [0.4, 0.5) is 0 Å². The van der Waals surface area contributed by atoms with Crippen LogP contribution >= 0.6 is 62.6 Å². The number of benzene rings is 4. The lowest BCUT2D eigenvalue weighted by Gasteiger charge is -2.32. The van der Waals surface area contributed by atoms with Crippen molar-refractivity contribution < 1.29 is 189 Å². The summed E-state index contributed by atoms with van der Waals surface area (Å²) in [5.74, 6) is -5.00. The van der Waals surface area contributed by atoms with E-state index in [0.29, 0.717) is 77.0 Å². The fraction of sp³-hybridized carbons (Fsp3) is 0.700. The van der Waals surface area contributed by atoms with Crippen LogP contribution in [-0.2, 0) is 72.7 Å². The SMILES string of the molecule is CCCCCCCCCC1c2cc(c(OCCOP(=O)(O)O)cc2OCCOP(=O)(O)O)C(CCCCCCCCC)c2cc(c(OCCOP(=O)(O)O)cc2OCCOP(=O)(O)O)C(CCCCCCCCC)c2cc(c(OCCOP(=O)(O)O)cc2OCCOP(=O)(O)O)C(CCCCCCCCC)c2cc1c(OCCOP(=O)(O)O)cc2OCCOP(=O)(O)O. The van der Waals surface area contributed by atoms with Crippen molar-refractivity contribution >= 4 is 62.6 Å². The molecule has 0 atom stereocenters. The van der Waals surface area contributed by atoms with E-state index >= 15 is 0 Å². The van der Waals surface area contributed by atoms with Gasteiger partial charge >= 0.3 is 62.6 Å². The first kappa shape index (κ1) is 115. The summed E-state index contributed by atoms with van der Waals surface area (Å²) in [6.45, 7) is -2.64. The van der Waals surface area contributed by atoms with E-state index < -0.39 is 192 Å². The molecule has 48 heteroatoms. The number of hydrogen-bond acceptors (Lipinski definition) is 24. The molecule has 736 valence electrons. The maximum atomic E-state index is 12.5. The van der Waals surface area contributed by atoms with E-state index in [9.17, 15) is 115 Å². The second kappa shape index (κ2) is 59.2. The van der Waals surface area contributed by atoms with Gasteiger partial charge < -0.3 is 116 Å². The van der Waals surface area contributed by atoms with Gasteiger partial charge in [-0.05, 0) is 49.9 Å². The summed E-state index contributed by atoms with van der Waals surface area (Å²) in [6.07, 6.45) is 21.5. The largest absolute Gasteiger partial charge is 0.491 e. The molecule has 4 aromatic rings. The summed E-state index contributed by atoms with van der Waals surface area (Å²) in [6, 6.07) is 12.8. The molecule has 0 radical (unpaired) electrons. The molecular formula is C80H136O40P8. The molecule has 0 spiro atoms. The van der Waals surface area contributed by atoms with Crippen molar-refractivity contribution in [2.24, 2.45) is 0 Å². The van der Waals surface area contributed by atoms with Crippen molar-refractivity contribution in [1.29, 1.82) is 0 Å². The molecule has 0 amide bonds. The van der Waals surface area contributed by atoms with Crippen molar-refractivity contribution in [3.8, 4) is 46.0 Å². The summed E-state index contributed by atoms with van der Waals surface area (Å²) < 4.78 is 194. The predicted octanol–water partition coefficient (Wildman–Crippen LogP) is 17.0. The summed E-state index contributed by atoms with van der Waals surface area (Å²) >= 11 is 0. The van der Waals surface area contributed by atoms with Crippen molar-refractivity contribution in [3.63, 3.8) is 0 Å². The molecule has 1 aliphatic rings. The van der Waals surface area contributed by atoms with Crippen LogP contribution in [0, 0.1) is 0 Å². The van der Waals surface area contributed by atoms with Crippen LogP contribution in [0.15, 0.2) is 48.5 Å². The zero-order chi connectivity index (χ0) is 94.5. The normalized spacial score (nSPS) is 15.5. The molecule has 0 saturated heterocycles. The Kier molecular flexibility index (Phi) is 53.1. The third-order valence-electron chi connectivity index (χ3n) is 20.8. The van der Waals surface area contributed by atoms with Crippen molar-refractivity contribution in [3.05, 3.63) is 93.0 Å².